The Bertz CT molecular complexity index is 1290. The topological polar surface area (TPSA) is 59.8 Å². The number of amides is 1. The van der Waals surface area contributed by atoms with Crippen LogP contribution in [0.4, 0.5) is 5.69 Å². The summed E-state index contributed by atoms with van der Waals surface area (Å²) < 4.78 is 1.86. The Balaban J connectivity index is 1.65. The van der Waals surface area contributed by atoms with Crippen molar-refractivity contribution in [3.05, 3.63) is 82.2 Å². The predicted octanol–water partition coefficient (Wildman–Crippen LogP) is 5.78. The van der Waals surface area contributed by atoms with Crippen molar-refractivity contribution in [3.63, 3.8) is 0 Å². The molecule has 0 unspecified atom stereocenters. The minimum atomic E-state index is -0.120. The summed E-state index contributed by atoms with van der Waals surface area (Å²) in [4.78, 5) is 18.4. The van der Waals surface area contributed by atoms with Gasteiger partial charge in [-0.25, -0.2) is 9.67 Å². The highest BCUT2D eigenvalue weighted by Gasteiger charge is 2.29. The molecule has 31 heavy (non-hydrogen) atoms. The summed E-state index contributed by atoms with van der Waals surface area (Å²) in [7, 11) is 0. The molecule has 0 bridgehead atoms. The Labute approximate surface area is 182 Å². The Morgan fingerprint density at radius 2 is 1.61 bits per heavy atom. The van der Waals surface area contributed by atoms with E-state index in [0.717, 1.165) is 57.8 Å². The van der Waals surface area contributed by atoms with E-state index in [-0.39, 0.29) is 5.91 Å². The molecule has 2 aromatic heterocycles. The normalized spacial score (nSPS) is 13.5. The second-order valence-electron chi connectivity index (χ2n) is 8.73. The van der Waals surface area contributed by atoms with Crippen molar-refractivity contribution >= 4 is 22.6 Å². The van der Waals surface area contributed by atoms with Crippen LogP contribution in [0.1, 0.15) is 57.2 Å². The van der Waals surface area contributed by atoms with E-state index in [2.05, 4.69) is 30.4 Å². The first-order valence-corrected chi connectivity index (χ1v) is 10.8. The molecule has 1 saturated carbocycles. The molecular formula is C26H26N4O. The average Bonchev–Trinajstić information content (AvgIpc) is 3.51. The first-order valence-electron chi connectivity index (χ1n) is 10.8. The molecule has 1 fully saturated rings. The van der Waals surface area contributed by atoms with Crippen molar-refractivity contribution in [1.82, 2.24) is 14.8 Å². The molecule has 0 radical (unpaired) electrons. The van der Waals surface area contributed by atoms with Crippen LogP contribution in [0.15, 0.2) is 48.5 Å². The van der Waals surface area contributed by atoms with Gasteiger partial charge in [-0.2, -0.15) is 5.10 Å². The lowest BCUT2D eigenvalue weighted by Gasteiger charge is -2.11. The van der Waals surface area contributed by atoms with Crippen LogP contribution in [0.3, 0.4) is 0 Å². The summed E-state index contributed by atoms with van der Waals surface area (Å²) in [6.45, 7) is 8.08. The molecule has 1 N–H and O–H groups in total. The fourth-order valence-corrected chi connectivity index (χ4v) is 4.19. The van der Waals surface area contributed by atoms with Crippen LogP contribution in [-0.2, 0) is 0 Å². The van der Waals surface area contributed by atoms with Gasteiger partial charge in [0.25, 0.3) is 5.91 Å². The van der Waals surface area contributed by atoms with E-state index in [9.17, 15) is 4.79 Å². The zero-order valence-corrected chi connectivity index (χ0v) is 18.4. The summed E-state index contributed by atoms with van der Waals surface area (Å²) in [5.74, 6) is 0.310. The predicted molar refractivity (Wildman–Crippen MR) is 124 cm³/mol. The quantitative estimate of drug-likeness (QED) is 0.464. The summed E-state index contributed by atoms with van der Waals surface area (Å²) in [5, 5.41) is 8.67. The fraction of sp³-hybridized carbons (Fsp3) is 0.269. The smallest absolute Gasteiger partial charge is 0.256 e. The number of hydrogen-bond donors (Lipinski definition) is 1. The monoisotopic (exact) mass is 410 g/mol. The van der Waals surface area contributed by atoms with Crippen molar-refractivity contribution in [1.29, 1.82) is 0 Å². The molecule has 0 aliphatic heterocycles. The first-order chi connectivity index (χ1) is 14.9. The molecule has 1 aliphatic rings. The third kappa shape index (κ3) is 3.72. The minimum Gasteiger partial charge on any atom is -0.322 e. The van der Waals surface area contributed by atoms with Crippen LogP contribution < -0.4 is 5.32 Å². The SMILES string of the molecule is Cc1ccc(-n2nc(C)c3c(C(=O)Nc4cc(C)cc(C)c4)cc(C4CC4)nc32)cc1. The minimum absolute atomic E-state index is 0.120. The molecule has 2 heterocycles. The van der Waals surface area contributed by atoms with Gasteiger partial charge in [0.05, 0.1) is 22.3 Å². The van der Waals surface area contributed by atoms with Crippen molar-refractivity contribution in [2.45, 2.75) is 46.5 Å². The number of aryl methyl sites for hydroxylation is 4. The molecule has 0 spiro atoms. The summed E-state index contributed by atoms with van der Waals surface area (Å²) in [6.07, 6.45) is 2.24. The van der Waals surface area contributed by atoms with Gasteiger partial charge < -0.3 is 5.32 Å². The van der Waals surface area contributed by atoms with Gasteiger partial charge in [-0.1, -0.05) is 23.8 Å². The van der Waals surface area contributed by atoms with Crippen LogP contribution in [0.2, 0.25) is 0 Å². The van der Waals surface area contributed by atoms with Gasteiger partial charge in [0.1, 0.15) is 0 Å². The number of carbonyl (C=O) groups is 1. The third-order valence-electron chi connectivity index (χ3n) is 5.83. The van der Waals surface area contributed by atoms with E-state index in [0.29, 0.717) is 11.5 Å². The number of fused-ring (bicyclic) bond motifs is 1. The zero-order chi connectivity index (χ0) is 21.7. The van der Waals surface area contributed by atoms with Crippen LogP contribution in [0, 0.1) is 27.7 Å². The maximum atomic E-state index is 13.4. The van der Waals surface area contributed by atoms with Gasteiger partial charge in [0, 0.05) is 17.3 Å². The maximum absolute atomic E-state index is 13.4. The molecule has 156 valence electrons. The third-order valence-corrected chi connectivity index (χ3v) is 5.83. The molecular weight excluding hydrogens is 384 g/mol. The summed E-state index contributed by atoms with van der Waals surface area (Å²) in [5.41, 5.74) is 8.36. The lowest BCUT2D eigenvalue weighted by atomic mass is 10.1. The molecule has 5 rings (SSSR count). The maximum Gasteiger partial charge on any atom is 0.256 e. The standard InChI is InChI=1S/C26H26N4O/c1-15-5-9-21(10-6-15)30-25-24(18(4)29-30)22(14-23(28-25)19-7-8-19)26(31)27-20-12-16(2)11-17(3)13-20/h5-6,9-14,19H,7-8H2,1-4H3,(H,27,31). The van der Waals surface area contributed by atoms with Crippen molar-refractivity contribution < 1.29 is 4.79 Å². The number of benzene rings is 2. The highest BCUT2D eigenvalue weighted by Crippen LogP contribution is 2.41. The molecule has 2 aromatic carbocycles. The number of anilines is 1. The largest absolute Gasteiger partial charge is 0.322 e. The number of pyridine rings is 1. The van der Waals surface area contributed by atoms with Crippen molar-refractivity contribution in [2.24, 2.45) is 0 Å². The Morgan fingerprint density at radius 3 is 2.26 bits per heavy atom. The molecule has 5 heteroatoms. The molecule has 0 atom stereocenters. The van der Waals surface area contributed by atoms with E-state index < -0.39 is 0 Å². The summed E-state index contributed by atoms with van der Waals surface area (Å²) in [6, 6.07) is 16.3. The van der Waals surface area contributed by atoms with E-state index in [1.807, 2.05) is 55.8 Å². The first kappa shape index (κ1) is 19.5. The van der Waals surface area contributed by atoms with Crippen LogP contribution in [-0.4, -0.2) is 20.7 Å². The lowest BCUT2D eigenvalue weighted by molar-refractivity contribution is 0.102. The van der Waals surface area contributed by atoms with Gasteiger partial charge in [0.2, 0.25) is 0 Å². The summed E-state index contributed by atoms with van der Waals surface area (Å²) >= 11 is 0. The molecule has 0 saturated heterocycles. The Kier molecular flexibility index (Phi) is 4.62. The number of hydrogen-bond acceptors (Lipinski definition) is 3. The molecule has 1 aliphatic carbocycles. The van der Waals surface area contributed by atoms with Gasteiger partial charge in [0.15, 0.2) is 5.65 Å². The molecule has 1 amide bonds. The van der Waals surface area contributed by atoms with Gasteiger partial charge in [-0.05, 0) is 82.0 Å². The van der Waals surface area contributed by atoms with Crippen LogP contribution in [0.25, 0.3) is 16.7 Å². The number of nitrogens with one attached hydrogen (secondary N) is 1. The highest BCUT2D eigenvalue weighted by molar-refractivity contribution is 6.13. The highest BCUT2D eigenvalue weighted by atomic mass is 16.1. The van der Waals surface area contributed by atoms with E-state index in [4.69, 9.17) is 10.1 Å². The number of carbonyl (C=O) groups excluding carboxylic acids is 1. The molecule has 4 aromatic rings. The van der Waals surface area contributed by atoms with Gasteiger partial charge >= 0.3 is 0 Å². The average molecular weight is 411 g/mol. The van der Waals surface area contributed by atoms with Gasteiger partial charge in [-0.3, -0.25) is 4.79 Å². The lowest BCUT2D eigenvalue weighted by Crippen LogP contribution is -2.14. The second-order valence-corrected chi connectivity index (χ2v) is 8.73. The van der Waals surface area contributed by atoms with Gasteiger partial charge in [-0.15, -0.1) is 0 Å². The molecule has 5 nitrogen and oxygen atoms in total. The van der Waals surface area contributed by atoms with Crippen molar-refractivity contribution in [2.75, 3.05) is 5.32 Å². The Morgan fingerprint density at radius 1 is 0.935 bits per heavy atom. The Hall–Kier alpha value is -3.47. The van der Waals surface area contributed by atoms with Crippen LogP contribution in [0.5, 0.6) is 0 Å². The van der Waals surface area contributed by atoms with Crippen LogP contribution >= 0.6 is 0 Å². The number of rotatable bonds is 4. The van der Waals surface area contributed by atoms with E-state index in [1.165, 1.54) is 5.56 Å². The second kappa shape index (κ2) is 7.34. The van der Waals surface area contributed by atoms with E-state index >= 15 is 0 Å². The number of aromatic nitrogens is 3. The zero-order valence-electron chi connectivity index (χ0n) is 18.4. The fourth-order valence-electron chi connectivity index (χ4n) is 4.19. The number of nitrogens with zero attached hydrogens (tertiary/aromatic N) is 3. The van der Waals surface area contributed by atoms with E-state index in [1.54, 1.807) is 0 Å². The van der Waals surface area contributed by atoms with Crippen molar-refractivity contribution in [3.8, 4) is 5.69 Å².